The van der Waals surface area contributed by atoms with Crippen LogP contribution in [0.2, 0.25) is 0 Å². The molecule has 104 valence electrons. The van der Waals surface area contributed by atoms with Crippen LogP contribution in [0.4, 0.5) is 0 Å². The summed E-state index contributed by atoms with van der Waals surface area (Å²) in [6.45, 7) is 0. The van der Waals surface area contributed by atoms with E-state index in [1.807, 2.05) is 19.4 Å². The number of aryl methyl sites for hydroxylation is 1. The van der Waals surface area contributed by atoms with Gasteiger partial charge in [-0.3, -0.25) is 4.98 Å². The lowest BCUT2D eigenvalue weighted by Gasteiger charge is -2.40. The van der Waals surface area contributed by atoms with E-state index in [0.29, 0.717) is 5.92 Å². The summed E-state index contributed by atoms with van der Waals surface area (Å²) in [7, 11) is 1.83. The lowest BCUT2D eigenvalue weighted by Crippen LogP contribution is -2.51. The molecule has 2 aliphatic rings. The van der Waals surface area contributed by atoms with Gasteiger partial charge in [0.2, 0.25) is 0 Å². The minimum atomic E-state index is -0.114. The first kappa shape index (κ1) is 13.1. The average molecular weight is 260 g/mol. The van der Waals surface area contributed by atoms with Gasteiger partial charge < -0.3 is 10.5 Å². The van der Waals surface area contributed by atoms with Crippen molar-refractivity contribution < 1.29 is 4.74 Å². The number of nitrogens with two attached hydrogens (primary N) is 1. The Morgan fingerprint density at radius 3 is 2.89 bits per heavy atom. The molecule has 2 atom stereocenters. The molecule has 1 aromatic heterocycles. The van der Waals surface area contributed by atoms with Gasteiger partial charge in [-0.25, -0.2) is 0 Å². The second-order valence-corrected chi connectivity index (χ2v) is 6.05. The second-order valence-electron chi connectivity index (χ2n) is 6.05. The predicted octanol–water partition coefficient (Wildman–Crippen LogP) is 2.79. The summed E-state index contributed by atoms with van der Waals surface area (Å²) < 4.78 is 5.88. The molecule has 0 amide bonds. The molecule has 3 nitrogen and oxygen atoms in total. The molecule has 1 heterocycles. The highest BCUT2D eigenvalue weighted by Crippen LogP contribution is 2.42. The van der Waals surface area contributed by atoms with E-state index in [4.69, 9.17) is 10.5 Å². The number of pyridine rings is 1. The zero-order chi connectivity index (χ0) is 13.3. The summed E-state index contributed by atoms with van der Waals surface area (Å²) in [5, 5.41) is 0. The molecule has 1 saturated carbocycles. The second kappa shape index (κ2) is 5.22. The zero-order valence-corrected chi connectivity index (χ0v) is 11.8. The molecule has 1 fully saturated rings. The summed E-state index contributed by atoms with van der Waals surface area (Å²) in [5.74, 6) is 0.364. The largest absolute Gasteiger partial charge is 0.377 e. The Kier molecular flexibility index (Phi) is 3.59. The van der Waals surface area contributed by atoms with Crippen LogP contribution in [-0.4, -0.2) is 23.7 Å². The van der Waals surface area contributed by atoms with Crippen LogP contribution in [0.1, 0.15) is 55.7 Å². The van der Waals surface area contributed by atoms with E-state index in [1.165, 1.54) is 30.5 Å². The number of hydrogen-bond donors (Lipinski definition) is 1. The molecular weight excluding hydrogens is 236 g/mol. The van der Waals surface area contributed by atoms with Crippen LogP contribution in [0.5, 0.6) is 0 Å². The molecule has 0 aromatic carbocycles. The van der Waals surface area contributed by atoms with Crippen molar-refractivity contribution in [3.05, 3.63) is 29.6 Å². The van der Waals surface area contributed by atoms with Gasteiger partial charge in [-0.1, -0.05) is 18.9 Å². The lowest BCUT2D eigenvalue weighted by molar-refractivity contribution is -0.0338. The monoisotopic (exact) mass is 260 g/mol. The number of ether oxygens (including phenoxy) is 1. The highest BCUT2D eigenvalue weighted by atomic mass is 16.5. The van der Waals surface area contributed by atoms with Crippen molar-refractivity contribution in [2.75, 3.05) is 7.11 Å². The Hall–Kier alpha value is -0.930. The molecule has 3 heteroatoms. The van der Waals surface area contributed by atoms with Crippen LogP contribution in [0, 0.1) is 0 Å². The Labute approximate surface area is 115 Å². The van der Waals surface area contributed by atoms with Gasteiger partial charge in [0, 0.05) is 31.0 Å². The summed E-state index contributed by atoms with van der Waals surface area (Å²) in [6, 6.07) is 4.32. The molecule has 19 heavy (non-hydrogen) atoms. The molecule has 1 aromatic rings. The highest BCUT2D eigenvalue weighted by molar-refractivity contribution is 5.28. The molecule has 0 bridgehead atoms. The fourth-order valence-electron chi connectivity index (χ4n) is 4.01. The molecule has 2 N–H and O–H groups in total. The number of rotatable bonds is 3. The van der Waals surface area contributed by atoms with Crippen molar-refractivity contribution in [3.8, 4) is 0 Å². The van der Waals surface area contributed by atoms with Crippen LogP contribution in [0.15, 0.2) is 18.3 Å². The normalized spacial score (nSPS) is 26.9. The Balaban J connectivity index is 1.90. The smallest absolute Gasteiger partial charge is 0.0835 e. The topological polar surface area (TPSA) is 48.1 Å². The first-order chi connectivity index (χ1) is 9.27. The van der Waals surface area contributed by atoms with Crippen molar-refractivity contribution in [2.24, 2.45) is 5.73 Å². The van der Waals surface area contributed by atoms with Gasteiger partial charge in [0.25, 0.3) is 0 Å². The van der Waals surface area contributed by atoms with E-state index in [1.54, 1.807) is 0 Å². The van der Waals surface area contributed by atoms with Gasteiger partial charge in [-0.15, -0.1) is 0 Å². The van der Waals surface area contributed by atoms with Gasteiger partial charge >= 0.3 is 0 Å². The summed E-state index contributed by atoms with van der Waals surface area (Å²) in [5.41, 5.74) is 9.15. The third-order valence-corrected chi connectivity index (χ3v) is 5.14. The van der Waals surface area contributed by atoms with Crippen LogP contribution in [0.25, 0.3) is 0 Å². The van der Waals surface area contributed by atoms with Crippen molar-refractivity contribution >= 4 is 0 Å². The summed E-state index contributed by atoms with van der Waals surface area (Å²) in [4.78, 5) is 4.62. The third kappa shape index (κ3) is 2.19. The molecule has 0 spiro atoms. The van der Waals surface area contributed by atoms with E-state index in [9.17, 15) is 0 Å². The minimum Gasteiger partial charge on any atom is -0.377 e. The molecule has 2 aliphatic carbocycles. The zero-order valence-electron chi connectivity index (χ0n) is 11.8. The van der Waals surface area contributed by atoms with Gasteiger partial charge in [0.15, 0.2) is 0 Å². The maximum atomic E-state index is 6.65. The Morgan fingerprint density at radius 1 is 1.37 bits per heavy atom. The molecule has 0 aliphatic heterocycles. The number of nitrogens with zero attached hydrogens (tertiary/aromatic N) is 1. The Morgan fingerprint density at radius 2 is 2.16 bits per heavy atom. The number of hydrogen-bond acceptors (Lipinski definition) is 3. The maximum Gasteiger partial charge on any atom is 0.0835 e. The van der Waals surface area contributed by atoms with E-state index in [-0.39, 0.29) is 11.6 Å². The maximum absolute atomic E-state index is 6.65. The first-order valence-corrected chi connectivity index (χ1v) is 7.51. The SMILES string of the molecule is COC1(C(N)C2CCCc3cccnc32)CCCC1. The van der Waals surface area contributed by atoms with Crippen molar-refractivity contribution in [2.45, 2.75) is 62.5 Å². The number of aromatic nitrogens is 1. The van der Waals surface area contributed by atoms with E-state index >= 15 is 0 Å². The van der Waals surface area contributed by atoms with Crippen LogP contribution >= 0.6 is 0 Å². The first-order valence-electron chi connectivity index (χ1n) is 7.51. The Bertz CT molecular complexity index is 440. The summed E-state index contributed by atoms with van der Waals surface area (Å²) >= 11 is 0. The molecule has 2 unspecified atom stereocenters. The average Bonchev–Trinajstić information content (AvgIpc) is 2.96. The summed E-state index contributed by atoms with van der Waals surface area (Å²) in [6.07, 6.45) is 10.1. The molecular formula is C16H24N2O. The lowest BCUT2D eigenvalue weighted by atomic mass is 9.75. The van der Waals surface area contributed by atoms with Gasteiger partial charge in [0.05, 0.1) is 5.60 Å². The van der Waals surface area contributed by atoms with Gasteiger partial charge in [-0.2, -0.15) is 0 Å². The predicted molar refractivity (Wildman–Crippen MR) is 76.1 cm³/mol. The fourth-order valence-corrected chi connectivity index (χ4v) is 4.01. The van der Waals surface area contributed by atoms with Crippen molar-refractivity contribution in [1.82, 2.24) is 4.98 Å². The molecule has 0 radical (unpaired) electrons. The van der Waals surface area contributed by atoms with Crippen molar-refractivity contribution in [1.29, 1.82) is 0 Å². The van der Waals surface area contributed by atoms with E-state index < -0.39 is 0 Å². The van der Waals surface area contributed by atoms with Gasteiger partial charge in [0.1, 0.15) is 0 Å². The third-order valence-electron chi connectivity index (χ3n) is 5.14. The standard InChI is InChI=1S/C16H24N2O/c1-19-16(9-2-3-10-16)15(17)13-8-4-6-12-7-5-11-18-14(12)13/h5,7,11,13,15H,2-4,6,8-10,17H2,1H3. The van der Waals surface area contributed by atoms with E-state index in [2.05, 4.69) is 11.1 Å². The quantitative estimate of drug-likeness (QED) is 0.909. The van der Waals surface area contributed by atoms with Gasteiger partial charge in [-0.05, 0) is 43.7 Å². The van der Waals surface area contributed by atoms with E-state index in [0.717, 1.165) is 25.7 Å². The van der Waals surface area contributed by atoms with Crippen LogP contribution in [0.3, 0.4) is 0 Å². The molecule has 3 rings (SSSR count). The van der Waals surface area contributed by atoms with Crippen molar-refractivity contribution in [3.63, 3.8) is 0 Å². The molecule has 0 saturated heterocycles. The van der Waals surface area contributed by atoms with Crippen LogP contribution in [-0.2, 0) is 11.2 Å². The van der Waals surface area contributed by atoms with Crippen LogP contribution < -0.4 is 5.73 Å². The highest BCUT2D eigenvalue weighted by Gasteiger charge is 2.44. The fraction of sp³-hybridized carbons (Fsp3) is 0.688. The number of methoxy groups -OCH3 is 1. The number of fused-ring (bicyclic) bond motifs is 1. The minimum absolute atomic E-state index is 0.0777.